The number of hydrogen-bond donors (Lipinski definition) is 1. The third kappa shape index (κ3) is 4.62. The molecular formula is C21H22N4O3. The number of carbonyl (C=O) groups excluding carboxylic acids is 1. The van der Waals surface area contributed by atoms with Crippen molar-refractivity contribution in [2.24, 2.45) is 10.2 Å². The second-order valence-corrected chi connectivity index (χ2v) is 6.33. The van der Waals surface area contributed by atoms with Gasteiger partial charge in [-0.05, 0) is 49.7 Å². The molecular weight excluding hydrogens is 356 g/mol. The van der Waals surface area contributed by atoms with Crippen LogP contribution in [0.2, 0.25) is 0 Å². The van der Waals surface area contributed by atoms with Crippen LogP contribution in [0.1, 0.15) is 31.9 Å². The molecule has 0 aliphatic carbocycles. The summed E-state index contributed by atoms with van der Waals surface area (Å²) < 4.78 is 6.69. The van der Waals surface area contributed by atoms with Crippen molar-refractivity contribution in [2.75, 3.05) is 0 Å². The summed E-state index contributed by atoms with van der Waals surface area (Å²) in [4.78, 5) is 24.3. The monoisotopic (exact) mass is 378 g/mol. The first-order chi connectivity index (χ1) is 13.6. The number of unbranched alkanes of at least 4 members (excludes halogenated alkanes) is 1. The largest absolute Gasteiger partial charge is 0.427 e. The molecule has 0 unspecified atom stereocenters. The van der Waals surface area contributed by atoms with Gasteiger partial charge in [-0.15, -0.1) is 5.11 Å². The van der Waals surface area contributed by atoms with Crippen molar-refractivity contribution in [3.63, 3.8) is 0 Å². The number of nitrogens with zero attached hydrogens (tertiary/aromatic N) is 3. The Morgan fingerprint density at radius 2 is 1.79 bits per heavy atom. The van der Waals surface area contributed by atoms with E-state index in [1.807, 2.05) is 37.3 Å². The van der Waals surface area contributed by atoms with Crippen LogP contribution in [-0.4, -0.2) is 15.7 Å². The minimum absolute atomic E-state index is 0.249. The Labute approximate surface area is 162 Å². The highest BCUT2D eigenvalue weighted by molar-refractivity contribution is 5.72. The molecule has 0 aliphatic rings. The third-order valence-electron chi connectivity index (χ3n) is 4.12. The first-order valence-corrected chi connectivity index (χ1v) is 9.18. The SMILES string of the molecule is CCCCC(=O)Oc1ccc(N=Nc2c(C)[nH]n(-c3ccccc3)c2=O)cc1. The van der Waals surface area contributed by atoms with E-state index in [1.165, 1.54) is 4.68 Å². The predicted octanol–water partition coefficient (Wildman–Crippen LogP) is 4.99. The van der Waals surface area contributed by atoms with Gasteiger partial charge in [0, 0.05) is 6.42 Å². The standard InChI is InChI=1S/C21H22N4O3/c1-3-4-10-19(26)28-18-13-11-16(12-14-18)22-23-20-15(2)24-25(21(20)27)17-8-6-5-7-9-17/h5-9,11-14,24H,3-4,10H2,1-2H3. The smallest absolute Gasteiger partial charge is 0.311 e. The van der Waals surface area contributed by atoms with Gasteiger partial charge in [0.25, 0.3) is 5.56 Å². The number of nitrogens with one attached hydrogen (secondary N) is 1. The Morgan fingerprint density at radius 1 is 1.07 bits per heavy atom. The molecule has 0 fully saturated rings. The Hall–Kier alpha value is -3.48. The number of benzene rings is 2. The molecule has 144 valence electrons. The van der Waals surface area contributed by atoms with Gasteiger partial charge >= 0.3 is 5.97 Å². The summed E-state index contributed by atoms with van der Waals surface area (Å²) in [7, 11) is 0. The van der Waals surface area contributed by atoms with Crippen LogP contribution in [0.25, 0.3) is 5.69 Å². The van der Waals surface area contributed by atoms with Crippen LogP contribution in [0.4, 0.5) is 11.4 Å². The highest BCUT2D eigenvalue weighted by Crippen LogP contribution is 2.22. The molecule has 3 aromatic rings. The van der Waals surface area contributed by atoms with Gasteiger partial charge in [0.05, 0.1) is 17.1 Å². The average molecular weight is 378 g/mol. The lowest BCUT2D eigenvalue weighted by atomic mass is 10.2. The van der Waals surface area contributed by atoms with E-state index >= 15 is 0 Å². The molecule has 0 amide bonds. The number of azo groups is 1. The molecule has 1 N–H and O–H groups in total. The Balaban J connectivity index is 1.73. The fourth-order valence-corrected chi connectivity index (χ4v) is 2.61. The van der Waals surface area contributed by atoms with Crippen molar-refractivity contribution in [2.45, 2.75) is 33.1 Å². The molecule has 1 aromatic heterocycles. The van der Waals surface area contributed by atoms with E-state index in [0.29, 0.717) is 23.6 Å². The highest BCUT2D eigenvalue weighted by atomic mass is 16.5. The topological polar surface area (TPSA) is 88.8 Å². The van der Waals surface area contributed by atoms with Crippen LogP contribution in [0.15, 0.2) is 69.6 Å². The maximum atomic E-state index is 12.6. The molecule has 0 bridgehead atoms. The summed E-state index contributed by atoms with van der Waals surface area (Å²) in [5.74, 6) is 0.213. The molecule has 0 spiro atoms. The van der Waals surface area contributed by atoms with Crippen molar-refractivity contribution in [3.8, 4) is 11.4 Å². The maximum absolute atomic E-state index is 12.6. The number of ether oxygens (including phenoxy) is 1. The summed E-state index contributed by atoms with van der Waals surface area (Å²) in [5, 5.41) is 11.2. The summed E-state index contributed by atoms with van der Waals surface area (Å²) in [5.41, 5.74) is 1.89. The average Bonchev–Trinajstić information content (AvgIpc) is 3.00. The number of hydrogen-bond acceptors (Lipinski definition) is 5. The van der Waals surface area contributed by atoms with E-state index < -0.39 is 0 Å². The maximum Gasteiger partial charge on any atom is 0.311 e. The third-order valence-corrected chi connectivity index (χ3v) is 4.12. The van der Waals surface area contributed by atoms with E-state index in [4.69, 9.17) is 4.74 Å². The summed E-state index contributed by atoms with van der Waals surface area (Å²) in [6, 6.07) is 15.9. The first kappa shape index (κ1) is 19.3. The molecule has 3 rings (SSSR count). The van der Waals surface area contributed by atoms with Gasteiger partial charge in [0.1, 0.15) is 5.75 Å². The van der Waals surface area contributed by atoms with Crippen LogP contribution in [0.5, 0.6) is 5.75 Å². The zero-order valence-corrected chi connectivity index (χ0v) is 15.9. The number of aryl methyl sites for hydroxylation is 1. The van der Waals surface area contributed by atoms with Gasteiger partial charge in [-0.2, -0.15) is 5.11 Å². The molecule has 0 saturated carbocycles. The number of esters is 1. The van der Waals surface area contributed by atoms with Crippen molar-refractivity contribution in [1.82, 2.24) is 9.78 Å². The van der Waals surface area contributed by atoms with Crippen LogP contribution in [-0.2, 0) is 4.79 Å². The molecule has 28 heavy (non-hydrogen) atoms. The molecule has 0 aliphatic heterocycles. The van der Waals surface area contributed by atoms with E-state index in [-0.39, 0.29) is 17.2 Å². The lowest BCUT2D eigenvalue weighted by Gasteiger charge is -2.03. The molecule has 1 heterocycles. The van der Waals surface area contributed by atoms with Gasteiger partial charge in [-0.1, -0.05) is 31.5 Å². The van der Waals surface area contributed by atoms with Crippen LogP contribution < -0.4 is 10.3 Å². The fraction of sp³-hybridized carbons (Fsp3) is 0.238. The number of rotatable bonds is 7. The lowest BCUT2D eigenvalue weighted by Crippen LogP contribution is -2.13. The van der Waals surface area contributed by atoms with Crippen molar-refractivity contribution in [3.05, 3.63) is 70.6 Å². The summed E-state index contributed by atoms with van der Waals surface area (Å²) >= 11 is 0. The molecule has 0 atom stereocenters. The molecule has 7 heteroatoms. The summed E-state index contributed by atoms with van der Waals surface area (Å²) in [6.45, 7) is 3.79. The van der Waals surface area contributed by atoms with Gasteiger partial charge in [-0.25, -0.2) is 4.68 Å². The molecule has 2 aromatic carbocycles. The first-order valence-electron chi connectivity index (χ1n) is 9.18. The van der Waals surface area contributed by atoms with Gasteiger partial charge in [0.2, 0.25) is 0 Å². The number of carbonyl (C=O) groups is 1. The Morgan fingerprint density at radius 3 is 2.46 bits per heavy atom. The van der Waals surface area contributed by atoms with Gasteiger partial charge < -0.3 is 4.74 Å². The van der Waals surface area contributed by atoms with Gasteiger partial charge in [0.15, 0.2) is 5.69 Å². The van der Waals surface area contributed by atoms with E-state index in [9.17, 15) is 9.59 Å². The summed E-state index contributed by atoms with van der Waals surface area (Å²) in [6.07, 6.45) is 2.15. The zero-order valence-electron chi connectivity index (χ0n) is 15.9. The van der Waals surface area contributed by atoms with Gasteiger partial charge in [-0.3, -0.25) is 14.7 Å². The number of para-hydroxylation sites is 1. The normalized spacial score (nSPS) is 11.1. The Kier molecular flexibility index (Phi) is 6.16. The van der Waals surface area contributed by atoms with E-state index in [2.05, 4.69) is 15.3 Å². The van der Waals surface area contributed by atoms with Crippen LogP contribution in [0.3, 0.4) is 0 Å². The number of aromatic amines is 1. The minimum atomic E-state index is -0.270. The van der Waals surface area contributed by atoms with Crippen molar-refractivity contribution < 1.29 is 9.53 Å². The molecule has 0 radical (unpaired) electrons. The Bertz CT molecular complexity index is 1020. The second-order valence-electron chi connectivity index (χ2n) is 6.33. The molecule has 0 saturated heterocycles. The fourth-order valence-electron chi connectivity index (χ4n) is 2.61. The van der Waals surface area contributed by atoms with Crippen LogP contribution in [0, 0.1) is 6.92 Å². The van der Waals surface area contributed by atoms with E-state index in [1.54, 1.807) is 31.2 Å². The van der Waals surface area contributed by atoms with Crippen molar-refractivity contribution in [1.29, 1.82) is 0 Å². The minimum Gasteiger partial charge on any atom is -0.427 e. The van der Waals surface area contributed by atoms with Crippen LogP contribution >= 0.6 is 0 Å². The highest BCUT2D eigenvalue weighted by Gasteiger charge is 2.12. The second kappa shape index (κ2) is 8.94. The quantitative estimate of drug-likeness (QED) is 0.357. The zero-order chi connectivity index (χ0) is 19.9. The lowest BCUT2D eigenvalue weighted by molar-refractivity contribution is -0.134. The number of aromatic nitrogens is 2. The van der Waals surface area contributed by atoms with E-state index in [0.717, 1.165) is 18.5 Å². The van der Waals surface area contributed by atoms with Crippen molar-refractivity contribution >= 4 is 17.3 Å². The number of H-pyrrole nitrogens is 1. The predicted molar refractivity (Wildman–Crippen MR) is 107 cm³/mol. The molecule has 7 nitrogen and oxygen atoms in total.